The van der Waals surface area contributed by atoms with Gasteiger partial charge in [0.05, 0.1) is 10.5 Å². The van der Waals surface area contributed by atoms with Crippen LogP contribution in [-0.4, -0.2) is 20.6 Å². The Morgan fingerprint density at radius 2 is 1.71 bits per heavy atom. The number of nitrogens with one attached hydrogen (secondary N) is 1. The maximum absolute atomic E-state index is 12.8. The lowest BCUT2D eigenvalue weighted by Gasteiger charge is -2.07. The van der Waals surface area contributed by atoms with Crippen LogP contribution in [0.1, 0.15) is 16.1 Å². The van der Waals surface area contributed by atoms with E-state index in [4.69, 9.17) is 4.42 Å². The second kappa shape index (κ2) is 7.16. The van der Waals surface area contributed by atoms with E-state index in [1.54, 1.807) is 0 Å². The first kappa shape index (κ1) is 19.7. The van der Waals surface area contributed by atoms with Crippen LogP contribution in [0.5, 0.6) is 0 Å². The lowest BCUT2D eigenvalue weighted by atomic mass is 10.1. The zero-order chi connectivity index (χ0) is 20.5. The summed E-state index contributed by atoms with van der Waals surface area (Å²) >= 11 is 0. The molecule has 28 heavy (non-hydrogen) atoms. The molecule has 0 unspecified atom stereocenters. The van der Waals surface area contributed by atoms with E-state index >= 15 is 0 Å². The number of rotatable bonds is 4. The van der Waals surface area contributed by atoms with Crippen molar-refractivity contribution in [2.24, 2.45) is 0 Å². The Bertz CT molecular complexity index is 1130. The van der Waals surface area contributed by atoms with E-state index in [9.17, 15) is 26.4 Å². The third kappa shape index (κ3) is 4.42. The molecular weight excluding hydrogens is 395 g/mol. The highest BCUT2D eigenvalue weighted by Crippen LogP contribution is 2.32. The van der Waals surface area contributed by atoms with Gasteiger partial charge in [-0.25, -0.2) is 8.42 Å². The van der Waals surface area contributed by atoms with Crippen LogP contribution in [-0.2, 0) is 16.0 Å². The quantitative estimate of drug-likeness (QED) is 0.682. The second-order valence-electron chi connectivity index (χ2n) is 6.00. The van der Waals surface area contributed by atoms with Gasteiger partial charge in [-0.1, -0.05) is 18.2 Å². The molecule has 3 rings (SSSR count). The Kier molecular flexibility index (Phi) is 5.03. The molecule has 0 radical (unpaired) electrons. The van der Waals surface area contributed by atoms with Crippen molar-refractivity contribution in [2.45, 2.75) is 11.1 Å². The summed E-state index contributed by atoms with van der Waals surface area (Å²) in [6.45, 7) is 0. The molecule has 9 heteroatoms. The number of anilines is 1. The van der Waals surface area contributed by atoms with Gasteiger partial charge in [0.2, 0.25) is 0 Å². The molecule has 0 atom stereocenters. The van der Waals surface area contributed by atoms with E-state index in [0.29, 0.717) is 0 Å². The van der Waals surface area contributed by atoms with Crippen molar-refractivity contribution in [1.82, 2.24) is 0 Å². The highest BCUT2D eigenvalue weighted by atomic mass is 32.2. The van der Waals surface area contributed by atoms with Gasteiger partial charge in [-0.15, -0.1) is 0 Å². The van der Waals surface area contributed by atoms with Crippen LogP contribution in [0.4, 0.5) is 18.9 Å². The average molecular weight is 409 g/mol. The van der Waals surface area contributed by atoms with E-state index in [1.165, 1.54) is 48.5 Å². The van der Waals surface area contributed by atoms with E-state index in [2.05, 4.69) is 5.32 Å². The topological polar surface area (TPSA) is 76.4 Å². The smallest absolute Gasteiger partial charge is 0.416 e. The Hall–Kier alpha value is -3.07. The van der Waals surface area contributed by atoms with Crippen molar-refractivity contribution >= 4 is 21.4 Å². The van der Waals surface area contributed by atoms with Crippen LogP contribution in [0.25, 0.3) is 11.3 Å². The van der Waals surface area contributed by atoms with E-state index in [0.717, 1.165) is 18.4 Å². The molecule has 0 spiro atoms. The van der Waals surface area contributed by atoms with Crippen molar-refractivity contribution in [2.75, 3.05) is 11.6 Å². The fraction of sp³-hybridized carbons (Fsp3) is 0.105. The predicted molar refractivity (Wildman–Crippen MR) is 96.7 cm³/mol. The number of carbonyl (C=O) groups is 1. The van der Waals surface area contributed by atoms with Gasteiger partial charge >= 0.3 is 6.18 Å². The summed E-state index contributed by atoms with van der Waals surface area (Å²) in [6, 6.07) is 12.9. The second-order valence-corrected chi connectivity index (χ2v) is 8.01. The van der Waals surface area contributed by atoms with Crippen molar-refractivity contribution in [3.05, 3.63) is 72.0 Å². The number of furan rings is 1. The normalized spacial score (nSPS) is 12.0. The molecule has 5 nitrogen and oxygen atoms in total. The molecule has 0 aliphatic heterocycles. The first-order valence-electron chi connectivity index (χ1n) is 7.93. The number of hydrogen-bond acceptors (Lipinski definition) is 4. The van der Waals surface area contributed by atoms with Crippen LogP contribution < -0.4 is 5.32 Å². The standard InChI is InChI=1S/C19H14F3NO4S/c1-28(25,26)15-7-3-6-14(11-15)23-18(24)17-9-8-16(27-17)12-4-2-5-13(10-12)19(20,21)22/h2-11H,1H3,(H,23,24). The minimum Gasteiger partial charge on any atom is -0.451 e. The minimum absolute atomic E-state index is 0.0365. The van der Waals surface area contributed by atoms with Gasteiger partial charge in [-0.2, -0.15) is 13.2 Å². The number of hydrogen-bond donors (Lipinski definition) is 1. The molecule has 1 heterocycles. The third-order valence-electron chi connectivity index (χ3n) is 3.82. The Balaban J connectivity index is 1.82. The molecule has 0 aliphatic rings. The first-order valence-corrected chi connectivity index (χ1v) is 9.82. The van der Waals surface area contributed by atoms with Crippen LogP contribution in [0.3, 0.4) is 0 Å². The highest BCUT2D eigenvalue weighted by molar-refractivity contribution is 7.90. The zero-order valence-corrected chi connectivity index (χ0v) is 15.3. The SMILES string of the molecule is CS(=O)(=O)c1cccc(NC(=O)c2ccc(-c3cccc(C(F)(F)F)c3)o2)c1. The number of benzene rings is 2. The molecule has 0 fully saturated rings. The summed E-state index contributed by atoms with van der Waals surface area (Å²) in [5.41, 5.74) is -0.414. The van der Waals surface area contributed by atoms with Gasteiger partial charge in [0.15, 0.2) is 15.6 Å². The number of amides is 1. The molecule has 0 bridgehead atoms. The van der Waals surface area contributed by atoms with Crippen molar-refractivity contribution in [3.63, 3.8) is 0 Å². The summed E-state index contributed by atoms with van der Waals surface area (Å²) in [7, 11) is -3.44. The van der Waals surface area contributed by atoms with Crippen LogP contribution >= 0.6 is 0 Å². The van der Waals surface area contributed by atoms with Gasteiger partial charge in [-0.3, -0.25) is 4.79 Å². The molecule has 1 amide bonds. The monoisotopic (exact) mass is 409 g/mol. The van der Waals surface area contributed by atoms with Crippen LogP contribution in [0.2, 0.25) is 0 Å². The molecule has 3 aromatic rings. The van der Waals surface area contributed by atoms with Crippen molar-refractivity contribution in [1.29, 1.82) is 0 Å². The number of halogens is 3. The summed E-state index contributed by atoms with van der Waals surface area (Å²) in [6.07, 6.45) is -3.45. The Morgan fingerprint density at radius 3 is 2.39 bits per heavy atom. The number of sulfone groups is 1. The Morgan fingerprint density at radius 1 is 1.00 bits per heavy atom. The highest BCUT2D eigenvalue weighted by Gasteiger charge is 2.30. The molecule has 0 saturated carbocycles. The molecular formula is C19H14F3NO4S. The molecule has 146 valence electrons. The van der Waals surface area contributed by atoms with Crippen LogP contribution in [0, 0.1) is 0 Å². The van der Waals surface area contributed by atoms with Crippen molar-refractivity contribution < 1.29 is 30.8 Å². The largest absolute Gasteiger partial charge is 0.451 e. The molecule has 2 aromatic carbocycles. The zero-order valence-electron chi connectivity index (χ0n) is 14.4. The summed E-state index contributed by atoms with van der Waals surface area (Å²) in [4.78, 5) is 12.3. The fourth-order valence-electron chi connectivity index (χ4n) is 2.46. The number of alkyl halides is 3. The van der Waals surface area contributed by atoms with E-state index in [1.807, 2.05) is 0 Å². The molecule has 0 saturated heterocycles. The maximum Gasteiger partial charge on any atom is 0.416 e. The van der Waals surface area contributed by atoms with Gasteiger partial charge < -0.3 is 9.73 Å². The number of carbonyl (C=O) groups excluding carboxylic acids is 1. The predicted octanol–water partition coefficient (Wildman–Crippen LogP) is 4.62. The lowest BCUT2D eigenvalue weighted by Crippen LogP contribution is -2.11. The maximum atomic E-state index is 12.8. The van der Waals surface area contributed by atoms with Gasteiger partial charge in [-0.05, 0) is 42.5 Å². The molecule has 1 N–H and O–H groups in total. The fourth-order valence-corrected chi connectivity index (χ4v) is 3.13. The molecule has 0 aliphatic carbocycles. The third-order valence-corrected chi connectivity index (χ3v) is 4.93. The lowest BCUT2D eigenvalue weighted by molar-refractivity contribution is -0.137. The van der Waals surface area contributed by atoms with Crippen LogP contribution in [0.15, 0.2) is 70.0 Å². The Labute approximate surface area is 158 Å². The van der Waals surface area contributed by atoms with Gasteiger partial charge in [0, 0.05) is 17.5 Å². The summed E-state index contributed by atoms with van der Waals surface area (Å²) in [5, 5.41) is 2.49. The summed E-state index contributed by atoms with van der Waals surface area (Å²) in [5.74, 6) is -0.692. The van der Waals surface area contributed by atoms with Gasteiger partial charge in [0.25, 0.3) is 5.91 Å². The molecule has 1 aromatic heterocycles. The van der Waals surface area contributed by atoms with E-state index < -0.39 is 27.5 Å². The van der Waals surface area contributed by atoms with Gasteiger partial charge in [0.1, 0.15) is 5.76 Å². The summed E-state index contributed by atoms with van der Waals surface area (Å²) < 4.78 is 67.1. The first-order chi connectivity index (χ1) is 13.0. The van der Waals surface area contributed by atoms with E-state index in [-0.39, 0.29) is 27.7 Å². The minimum atomic E-state index is -4.49. The average Bonchev–Trinajstić information content (AvgIpc) is 3.11. The van der Waals surface area contributed by atoms with Crippen molar-refractivity contribution in [3.8, 4) is 11.3 Å².